The van der Waals surface area contributed by atoms with Gasteiger partial charge in [-0.25, -0.2) is 0 Å². The molecule has 1 heterocycles. The Morgan fingerprint density at radius 3 is 2.00 bits per heavy atom. The molecule has 0 aliphatic rings. The van der Waals surface area contributed by atoms with Gasteiger partial charge in [-0.1, -0.05) is 6.92 Å². The van der Waals surface area contributed by atoms with Crippen molar-refractivity contribution in [2.75, 3.05) is 5.32 Å². The molecule has 1 unspecified atom stereocenters. The van der Waals surface area contributed by atoms with Gasteiger partial charge in [0.2, 0.25) is 5.91 Å². The predicted octanol–water partition coefficient (Wildman–Crippen LogP) is 2.81. The van der Waals surface area contributed by atoms with E-state index in [1.54, 1.807) is 0 Å². The topological polar surface area (TPSA) is 176 Å². The number of anilines is 1. The number of carbonyl (C=O) groups excluding carboxylic acids is 1. The van der Waals surface area contributed by atoms with Gasteiger partial charge in [-0.3, -0.25) is 39.8 Å². The first-order valence-corrected chi connectivity index (χ1v) is 8.36. The molecule has 0 aliphatic carbocycles. The van der Waals surface area contributed by atoms with E-state index in [0.717, 1.165) is 12.1 Å². The summed E-state index contributed by atoms with van der Waals surface area (Å²) in [6.45, 7) is 5.80. The van der Waals surface area contributed by atoms with Crippen LogP contribution < -0.4 is 5.32 Å². The van der Waals surface area contributed by atoms with E-state index in [2.05, 4.69) is 10.4 Å². The van der Waals surface area contributed by atoms with Crippen molar-refractivity contribution in [2.45, 2.75) is 34.2 Å². The lowest BCUT2D eigenvalue weighted by Crippen LogP contribution is -2.25. The van der Waals surface area contributed by atoms with Crippen molar-refractivity contribution in [3.05, 3.63) is 59.4 Å². The Labute approximate surface area is 163 Å². The molecule has 1 amide bonds. The van der Waals surface area contributed by atoms with Crippen LogP contribution >= 0.6 is 0 Å². The summed E-state index contributed by atoms with van der Waals surface area (Å²) in [7, 11) is 0. The van der Waals surface area contributed by atoms with Crippen molar-refractivity contribution in [1.29, 1.82) is 0 Å². The minimum Gasteiger partial charge on any atom is -0.325 e. The van der Waals surface area contributed by atoms with E-state index in [4.69, 9.17) is 0 Å². The predicted molar refractivity (Wildman–Crippen MR) is 101 cm³/mol. The van der Waals surface area contributed by atoms with Crippen LogP contribution in [-0.2, 0) is 11.3 Å². The minimum absolute atomic E-state index is 0.0163. The van der Waals surface area contributed by atoms with E-state index in [0.29, 0.717) is 0 Å². The summed E-state index contributed by atoms with van der Waals surface area (Å²) in [5.41, 5.74) is -0.833. The highest BCUT2D eigenvalue weighted by molar-refractivity contribution is 5.93. The standard InChI is InChI=1S/C16H18N6O7/c1-8(7-19-11(4)15(22(28)29)10(3)18-19)16(23)17-12-5-13(20(24)25)9(2)14(6-12)21(26)27/h5-6,8H,7H2,1-4H3,(H,17,23). The van der Waals surface area contributed by atoms with E-state index >= 15 is 0 Å². The Bertz CT molecular complexity index is 994. The molecule has 0 radical (unpaired) electrons. The number of aromatic nitrogens is 2. The number of hydrogen-bond acceptors (Lipinski definition) is 8. The number of nitrogens with one attached hydrogen (secondary N) is 1. The fraction of sp³-hybridized carbons (Fsp3) is 0.375. The van der Waals surface area contributed by atoms with Gasteiger partial charge < -0.3 is 5.32 Å². The lowest BCUT2D eigenvalue weighted by molar-refractivity contribution is -0.395. The Hall–Kier alpha value is -3.90. The SMILES string of the molecule is Cc1nn(CC(C)C(=O)Nc2cc([N+](=O)[O-])c(C)c([N+](=O)[O-])c2)c(C)c1[N+](=O)[O-]. The van der Waals surface area contributed by atoms with Crippen molar-refractivity contribution < 1.29 is 19.6 Å². The summed E-state index contributed by atoms with van der Waals surface area (Å²) in [5.74, 6) is -1.31. The maximum absolute atomic E-state index is 12.5. The maximum Gasteiger partial charge on any atom is 0.312 e. The zero-order chi connectivity index (χ0) is 22.0. The molecule has 13 heteroatoms. The van der Waals surface area contributed by atoms with Gasteiger partial charge in [0, 0.05) is 12.1 Å². The molecular weight excluding hydrogens is 388 g/mol. The second-order valence-corrected chi connectivity index (χ2v) is 6.50. The number of hydrogen-bond donors (Lipinski definition) is 1. The molecule has 13 nitrogen and oxygen atoms in total. The van der Waals surface area contributed by atoms with Gasteiger partial charge in [-0.05, 0) is 20.8 Å². The van der Waals surface area contributed by atoms with E-state index in [9.17, 15) is 35.1 Å². The average Bonchev–Trinajstić information content (AvgIpc) is 2.89. The largest absolute Gasteiger partial charge is 0.325 e. The van der Waals surface area contributed by atoms with Crippen LogP contribution in [0.3, 0.4) is 0 Å². The summed E-state index contributed by atoms with van der Waals surface area (Å²) in [6, 6.07) is 2.09. The van der Waals surface area contributed by atoms with Crippen molar-refractivity contribution in [1.82, 2.24) is 9.78 Å². The molecule has 1 atom stereocenters. The smallest absolute Gasteiger partial charge is 0.312 e. The molecular formula is C16H18N6O7. The highest BCUT2D eigenvalue weighted by atomic mass is 16.6. The van der Waals surface area contributed by atoms with Crippen molar-refractivity contribution in [3.8, 4) is 0 Å². The van der Waals surface area contributed by atoms with E-state index in [1.807, 2.05) is 0 Å². The van der Waals surface area contributed by atoms with Gasteiger partial charge >= 0.3 is 5.69 Å². The van der Waals surface area contributed by atoms with Crippen molar-refractivity contribution >= 4 is 28.7 Å². The van der Waals surface area contributed by atoms with Gasteiger partial charge in [-0.2, -0.15) is 5.10 Å². The number of rotatable bonds is 7. The molecule has 2 aromatic rings. The first-order valence-electron chi connectivity index (χ1n) is 8.36. The van der Waals surface area contributed by atoms with Gasteiger partial charge in [0.15, 0.2) is 0 Å². The molecule has 2 rings (SSSR count). The normalized spacial score (nSPS) is 11.7. The van der Waals surface area contributed by atoms with E-state index in [1.165, 1.54) is 32.4 Å². The van der Waals surface area contributed by atoms with Gasteiger partial charge in [-0.15, -0.1) is 0 Å². The molecule has 0 bridgehead atoms. The highest BCUT2D eigenvalue weighted by Crippen LogP contribution is 2.32. The van der Waals surface area contributed by atoms with Crippen molar-refractivity contribution in [2.24, 2.45) is 5.92 Å². The number of carbonyl (C=O) groups is 1. The molecule has 154 valence electrons. The number of nitro benzene ring substituents is 2. The third kappa shape index (κ3) is 4.34. The summed E-state index contributed by atoms with van der Waals surface area (Å²) in [5, 5.41) is 39.8. The molecule has 1 N–H and O–H groups in total. The number of amides is 1. The van der Waals surface area contributed by atoms with E-state index in [-0.39, 0.29) is 34.9 Å². The number of aryl methyl sites for hydroxylation is 1. The van der Waals surface area contributed by atoms with Crippen LogP contribution in [0.2, 0.25) is 0 Å². The second-order valence-electron chi connectivity index (χ2n) is 6.50. The number of nitro groups is 3. The molecule has 0 aliphatic heterocycles. The van der Waals surface area contributed by atoms with Crippen LogP contribution in [0.1, 0.15) is 23.9 Å². The fourth-order valence-electron chi connectivity index (χ4n) is 2.87. The zero-order valence-corrected chi connectivity index (χ0v) is 16.0. The van der Waals surface area contributed by atoms with Gasteiger partial charge in [0.1, 0.15) is 17.0 Å². The molecule has 0 spiro atoms. The third-order valence-corrected chi connectivity index (χ3v) is 4.43. The summed E-state index contributed by atoms with van der Waals surface area (Å²) >= 11 is 0. The van der Waals surface area contributed by atoms with Crippen LogP contribution in [-0.4, -0.2) is 30.5 Å². The quantitative estimate of drug-likeness (QED) is 0.539. The fourth-order valence-corrected chi connectivity index (χ4v) is 2.87. The third-order valence-electron chi connectivity index (χ3n) is 4.43. The Morgan fingerprint density at radius 2 is 1.59 bits per heavy atom. The van der Waals surface area contributed by atoms with Crippen LogP contribution in [0.15, 0.2) is 12.1 Å². The highest BCUT2D eigenvalue weighted by Gasteiger charge is 2.26. The number of benzene rings is 1. The molecule has 29 heavy (non-hydrogen) atoms. The lowest BCUT2D eigenvalue weighted by Gasteiger charge is -2.13. The molecule has 0 fully saturated rings. The van der Waals surface area contributed by atoms with Crippen LogP contribution in [0, 0.1) is 57.0 Å². The summed E-state index contributed by atoms with van der Waals surface area (Å²) in [4.78, 5) is 43.7. The lowest BCUT2D eigenvalue weighted by atomic mass is 10.1. The summed E-state index contributed by atoms with van der Waals surface area (Å²) < 4.78 is 1.33. The number of nitrogens with zero attached hydrogens (tertiary/aromatic N) is 5. The molecule has 0 saturated heterocycles. The zero-order valence-electron chi connectivity index (χ0n) is 16.0. The van der Waals surface area contributed by atoms with Crippen molar-refractivity contribution in [3.63, 3.8) is 0 Å². The molecule has 1 aromatic carbocycles. The minimum atomic E-state index is -0.767. The van der Waals surface area contributed by atoms with E-state index < -0.39 is 38.0 Å². The molecule has 0 saturated carbocycles. The molecule has 1 aromatic heterocycles. The van der Waals surface area contributed by atoms with Gasteiger partial charge in [0.25, 0.3) is 11.4 Å². The van der Waals surface area contributed by atoms with Crippen LogP contribution in [0.5, 0.6) is 0 Å². The Morgan fingerprint density at radius 1 is 1.07 bits per heavy atom. The maximum atomic E-state index is 12.5. The Balaban J connectivity index is 2.26. The summed E-state index contributed by atoms with van der Waals surface area (Å²) in [6.07, 6.45) is 0. The van der Waals surface area contributed by atoms with Gasteiger partial charge in [0.05, 0.1) is 32.9 Å². The monoisotopic (exact) mass is 406 g/mol. The average molecular weight is 406 g/mol. The first-order chi connectivity index (χ1) is 13.4. The second kappa shape index (κ2) is 8.00. The first kappa shape index (κ1) is 21.4. The van der Waals surface area contributed by atoms with Crippen LogP contribution in [0.25, 0.3) is 0 Å². The van der Waals surface area contributed by atoms with Crippen LogP contribution in [0.4, 0.5) is 22.7 Å². The Kier molecular flexibility index (Phi) is 5.90.